The molecule has 3 rings (SSSR count). The van der Waals surface area contributed by atoms with E-state index in [-0.39, 0.29) is 26.0 Å². The number of amides is 1. The summed E-state index contributed by atoms with van der Waals surface area (Å²) >= 11 is 1.32. The Morgan fingerprint density at radius 3 is 3.05 bits per heavy atom. The molecule has 0 aliphatic heterocycles. The predicted octanol–water partition coefficient (Wildman–Crippen LogP) is 2.64. The van der Waals surface area contributed by atoms with Gasteiger partial charge in [0.2, 0.25) is 5.91 Å². The lowest BCUT2D eigenvalue weighted by Gasteiger charge is -2.00. The highest BCUT2D eigenvalue weighted by Gasteiger charge is 2.12. The largest absolute Gasteiger partial charge is 0.346 e. The van der Waals surface area contributed by atoms with E-state index in [4.69, 9.17) is 0 Å². The molecule has 0 spiro atoms. The molecular weight excluding hydrogens is 302 g/mol. The summed E-state index contributed by atoms with van der Waals surface area (Å²) in [6.07, 6.45) is 3.66. The molecule has 8 heteroatoms. The molecule has 114 valence electrons. The molecule has 0 aliphatic carbocycles. The lowest BCUT2D eigenvalue weighted by atomic mass is 10.2. The van der Waals surface area contributed by atoms with Crippen molar-refractivity contribution in [3.8, 4) is 11.4 Å². The number of hydrogen-bond acceptors (Lipinski definition) is 6. The zero-order valence-electron chi connectivity index (χ0n) is 11.8. The first-order chi connectivity index (χ1) is 10.6. The Hall–Kier alpha value is -2.61. The van der Waals surface area contributed by atoms with Crippen LogP contribution in [0.3, 0.4) is 0 Å². The van der Waals surface area contributed by atoms with Crippen LogP contribution in [0.1, 0.15) is 21.2 Å². The topological polar surface area (TPSA) is 101 Å². The van der Waals surface area contributed by atoms with Gasteiger partial charge in [0, 0.05) is 31.2 Å². The van der Waals surface area contributed by atoms with Crippen molar-refractivity contribution in [2.45, 2.75) is 19.8 Å². The number of thiazole rings is 1. The smallest absolute Gasteiger partial charge is 0.226 e. The van der Waals surface area contributed by atoms with Crippen LogP contribution in [-0.2, 0) is 9.59 Å². The van der Waals surface area contributed by atoms with Crippen LogP contribution in [-0.4, -0.2) is 31.6 Å². The average molecular weight is 317 g/mol. The van der Waals surface area contributed by atoms with Crippen molar-refractivity contribution in [2.75, 3.05) is 5.32 Å². The molecule has 0 radical (unpaired) electrons. The van der Waals surface area contributed by atoms with Crippen molar-refractivity contribution in [3.05, 3.63) is 24.0 Å². The molecular formula is C14H15N5O2S. The fourth-order valence-electron chi connectivity index (χ4n) is 1.99. The van der Waals surface area contributed by atoms with E-state index in [0.717, 1.165) is 11.0 Å². The first-order valence-corrected chi connectivity index (χ1v) is 7.55. The Morgan fingerprint density at radius 2 is 2.23 bits per heavy atom. The fourth-order valence-corrected chi connectivity index (χ4v) is 2.70. The van der Waals surface area contributed by atoms with Crippen LogP contribution in [0.25, 0.3) is 22.4 Å². The third-order valence-electron chi connectivity index (χ3n) is 3.05. The molecule has 0 atom stereocenters. The second-order valence-corrected chi connectivity index (χ2v) is 5.61. The number of Topliss-reactive ketones (excluding diaryl/α,β-unsaturated/α-hetero) is 1. The van der Waals surface area contributed by atoms with Crippen LogP contribution in [0.4, 0.5) is 5.13 Å². The van der Waals surface area contributed by atoms with Gasteiger partial charge < -0.3 is 15.1 Å². The summed E-state index contributed by atoms with van der Waals surface area (Å²) in [7, 11) is 0. The van der Waals surface area contributed by atoms with Crippen LogP contribution in [0.2, 0.25) is 0 Å². The van der Waals surface area contributed by atoms with E-state index >= 15 is 0 Å². The number of nitrogens with one attached hydrogen (secondary N) is 2. The first kappa shape index (κ1) is 14.3. The van der Waals surface area contributed by atoms with Crippen LogP contribution >= 0.6 is 11.3 Å². The number of aromatic amines is 1. The molecule has 0 unspecified atom stereocenters. The van der Waals surface area contributed by atoms with Gasteiger partial charge >= 0.3 is 0 Å². The van der Waals surface area contributed by atoms with E-state index in [0.29, 0.717) is 16.5 Å². The normalized spacial score (nSPS) is 10.8. The molecule has 0 fully saturated rings. The van der Waals surface area contributed by atoms with Crippen LogP contribution in [0, 0.1) is 0 Å². The molecule has 0 aromatic carbocycles. The lowest BCUT2D eigenvalue weighted by molar-refractivity contribution is -0.121. The maximum Gasteiger partial charge on any atom is 0.226 e. The Morgan fingerprint density at radius 1 is 1.36 bits per heavy atom. The Labute approximate surface area is 131 Å². The average Bonchev–Trinajstić information content (AvgIpc) is 3.13. The summed E-state index contributed by atoms with van der Waals surface area (Å²) < 4.78 is 0. The van der Waals surface area contributed by atoms with E-state index in [2.05, 4.69) is 25.3 Å². The van der Waals surface area contributed by atoms with Crippen LogP contribution < -0.4 is 5.32 Å². The molecule has 0 saturated carbocycles. The van der Waals surface area contributed by atoms with Crippen molar-refractivity contribution in [3.63, 3.8) is 0 Å². The maximum atomic E-state index is 11.7. The molecule has 2 N–H and O–H groups in total. The minimum Gasteiger partial charge on any atom is -0.346 e. The van der Waals surface area contributed by atoms with Gasteiger partial charge in [0.1, 0.15) is 29.1 Å². The number of hydrogen-bond donors (Lipinski definition) is 2. The number of H-pyrrole nitrogens is 1. The number of rotatable bonds is 5. The number of nitrogens with zero attached hydrogens (tertiary/aromatic N) is 3. The Kier molecular flexibility index (Phi) is 3.92. The van der Waals surface area contributed by atoms with Gasteiger partial charge in [-0.25, -0.2) is 15.0 Å². The van der Waals surface area contributed by atoms with Crippen LogP contribution in [0.15, 0.2) is 24.0 Å². The van der Waals surface area contributed by atoms with Gasteiger partial charge in [0.25, 0.3) is 0 Å². The number of carbonyl (C=O) groups is 2. The van der Waals surface area contributed by atoms with Crippen molar-refractivity contribution in [2.24, 2.45) is 0 Å². The Balaban J connectivity index is 0.00000192. The summed E-state index contributed by atoms with van der Waals surface area (Å²) in [4.78, 5) is 38.4. The molecule has 3 aromatic rings. The third-order valence-corrected chi connectivity index (χ3v) is 3.81. The fraction of sp³-hybridized carbons (Fsp3) is 0.214. The van der Waals surface area contributed by atoms with Crippen molar-refractivity contribution >= 4 is 39.2 Å². The summed E-state index contributed by atoms with van der Waals surface area (Å²) in [6.45, 7) is 1.46. The second-order valence-electron chi connectivity index (χ2n) is 4.75. The molecule has 3 heterocycles. The zero-order chi connectivity index (χ0) is 15.5. The minimum absolute atomic E-state index is 0. The van der Waals surface area contributed by atoms with Crippen molar-refractivity contribution in [1.82, 2.24) is 19.9 Å². The molecule has 0 aliphatic rings. The number of anilines is 1. The predicted molar refractivity (Wildman–Crippen MR) is 85.7 cm³/mol. The second kappa shape index (κ2) is 6.02. The standard InChI is InChI=1S/C14H13N5O2S.H2/c1-8(20)2-3-11(21)19-14-18-10(6-22-14)12-9-4-5-15-13(9)17-7-16-12;/h4-7H,2-3H2,1H3,(H,15,16,17)(H,18,19,21);1H. The molecule has 1 amide bonds. The quantitative estimate of drug-likeness (QED) is 0.753. The number of fused-ring (bicyclic) bond motifs is 1. The van der Waals surface area contributed by atoms with Gasteiger partial charge in [0.15, 0.2) is 5.13 Å². The molecule has 3 aromatic heterocycles. The van der Waals surface area contributed by atoms with E-state index in [1.807, 2.05) is 11.4 Å². The highest BCUT2D eigenvalue weighted by Crippen LogP contribution is 2.28. The van der Waals surface area contributed by atoms with Gasteiger partial charge in [0.05, 0.1) is 0 Å². The Bertz CT molecular complexity index is 844. The molecule has 0 bridgehead atoms. The van der Waals surface area contributed by atoms with Crippen molar-refractivity contribution in [1.29, 1.82) is 0 Å². The van der Waals surface area contributed by atoms with Crippen molar-refractivity contribution < 1.29 is 11.0 Å². The van der Waals surface area contributed by atoms with Gasteiger partial charge in [-0.05, 0) is 13.0 Å². The van der Waals surface area contributed by atoms with E-state index in [9.17, 15) is 9.59 Å². The maximum absolute atomic E-state index is 11.7. The summed E-state index contributed by atoms with van der Waals surface area (Å²) in [5, 5.41) is 5.89. The van der Waals surface area contributed by atoms with Gasteiger partial charge in [-0.2, -0.15) is 0 Å². The van der Waals surface area contributed by atoms with Gasteiger partial charge in [-0.1, -0.05) is 0 Å². The molecule has 22 heavy (non-hydrogen) atoms. The number of ketones is 1. The summed E-state index contributed by atoms with van der Waals surface area (Å²) in [5.74, 6) is -0.226. The monoisotopic (exact) mass is 317 g/mol. The van der Waals surface area contributed by atoms with Gasteiger partial charge in [-0.15, -0.1) is 11.3 Å². The first-order valence-electron chi connectivity index (χ1n) is 6.67. The molecule has 7 nitrogen and oxygen atoms in total. The molecule has 0 saturated heterocycles. The summed E-state index contributed by atoms with van der Waals surface area (Å²) in [6, 6.07) is 1.88. The zero-order valence-corrected chi connectivity index (χ0v) is 12.6. The van der Waals surface area contributed by atoms with Crippen LogP contribution in [0.5, 0.6) is 0 Å². The van der Waals surface area contributed by atoms with E-state index in [1.165, 1.54) is 24.6 Å². The summed E-state index contributed by atoms with van der Waals surface area (Å²) in [5.41, 5.74) is 2.13. The lowest BCUT2D eigenvalue weighted by Crippen LogP contribution is -2.12. The highest BCUT2D eigenvalue weighted by molar-refractivity contribution is 7.14. The number of aromatic nitrogens is 4. The SMILES string of the molecule is CC(=O)CCC(=O)Nc1nc(-c2ncnc3[nH]ccc23)cs1.[HH]. The highest BCUT2D eigenvalue weighted by atomic mass is 32.1. The van der Waals surface area contributed by atoms with E-state index in [1.54, 1.807) is 6.20 Å². The number of carbonyl (C=O) groups excluding carboxylic acids is 2. The van der Waals surface area contributed by atoms with E-state index < -0.39 is 0 Å². The minimum atomic E-state index is -0.217. The third kappa shape index (κ3) is 3.01. The van der Waals surface area contributed by atoms with Gasteiger partial charge in [-0.3, -0.25) is 4.79 Å².